The van der Waals surface area contributed by atoms with Crippen LogP contribution in [0.5, 0.6) is 0 Å². The lowest BCUT2D eigenvalue weighted by atomic mass is 10.0. The van der Waals surface area contributed by atoms with Crippen LogP contribution in [0.2, 0.25) is 0 Å². The number of nitrogens with one attached hydrogen (secondary N) is 1. The van der Waals surface area contributed by atoms with E-state index in [1.54, 1.807) is 6.20 Å². The van der Waals surface area contributed by atoms with Gasteiger partial charge in [0.2, 0.25) is 0 Å². The second kappa shape index (κ2) is 4.23. The first-order valence-corrected chi connectivity index (χ1v) is 6.38. The Balaban J connectivity index is 1.64. The molecule has 1 aromatic heterocycles. The topological polar surface area (TPSA) is 64.1 Å². The molecule has 1 heterocycles. The highest BCUT2D eigenvalue weighted by atomic mass is 16.5. The van der Waals surface area contributed by atoms with E-state index >= 15 is 0 Å². The molecule has 5 nitrogen and oxygen atoms in total. The zero-order chi connectivity index (χ0) is 12.6. The quantitative estimate of drug-likeness (QED) is 0.805. The Hall–Kier alpha value is -1.65. The lowest BCUT2D eigenvalue weighted by molar-refractivity contribution is 0.0593. The van der Waals surface area contributed by atoms with Gasteiger partial charge in [-0.05, 0) is 37.0 Å². The highest BCUT2D eigenvalue weighted by Crippen LogP contribution is 2.61. The van der Waals surface area contributed by atoms with Crippen molar-refractivity contribution in [1.29, 1.82) is 0 Å². The smallest absolute Gasteiger partial charge is 0.358 e. The van der Waals surface area contributed by atoms with Crippen molar-refractivity contribution in [3.05, 3.63) is 18.1 Å². The van der Waals surface area contributed by atoms with Crippen molar-refractivity contribution in [2.24, 2.45) is 11.3 Å². The minimum absolute atomic E-state index is 0.249. The summed E-state index contributed by atoms with van der Waals surface area (Å²) in [6.45, 7) is 0.941. The average Bonchev–Trinajstić information content (AvgIpc) is 3.28. The van der Waals surface area contributed by atoms with Crippen LogP contribution < -0.4 is 5.32 Å². The molecular formula is C13H17N3O2. The SMILES string of the molecule is COC(=O)c1cncc(NCC2(C3CC3)CC2)n1. The van der Waals surface area contributed by atoms with Crippen LogP contribution in [0.15, 0.2) is 12.4 Å². The van der Waals surface area contributed by atoms with Crippen molar-refractivity contribution in [1.82, 2.24) is 9.97 Å². The minimum atomic E-state index is -0.450. The molecule has 2 saturated carbocycles. The van der Waals surface area contributed by atoms with E-state index in [4.69, 9.17) is 0 Å². The van der Waals surface area contributed by atoms with E-state index in [0.29, 0.717) is 11.2 Å². The molecule has 0 spiro atoms. The van der Waals surface area contributed by atoms with E-state index in [2.05, 4.69) is 20.0 Å². The summed E-state index contributed by atoms with van der Waals surface area (Å²) in [5.41, 5.74) is 0.752. The molecule has 0 aromatic carbocycles. The van der Waals surface area contributed by atoms with Gasteiger partial charge < -0.3 is 10.1 Å². The van der Waals surface area contributed by atoms with E-state index in [-0.39, 0.29) is 5.69 Å². The maximum absolute atomic E-state index is 11.3. The Morgan fingerprint density at radius 1 is 1.50 bits per heavy atom. The summed E-state index contributed by atoms with van der Waals surface area (Å²) in [5, 5.41) is 3.31. The van der Waals surface area contributed by atoms with E-state index in [1.807, 2.05) is 0 Å². The Bertz CT molecular complexity index is 467. The fourth-order valence-corrected chi connectivity index (χ4v) is 2.51. The third-order valence-electron chi connectivity index (χ3n) is 3.99. The molecule has 0 unspecified atom stereocenters. The summed E-state index contributed by atoms with van der Waals surface area (Å²) in [5.74, 6) is 1.11. The number of rotatable bonds is 5. The number of methoxy groups -OCH3 is 1. The number of hydrogen-bond acceptors (Lipinski definition) is 5. The summed E-state index contributed by atoms with van der Waals surface area (Å²) in [6, 6.07) is 0. The fourth-order valence-electron chi connectivity index (χ4n) is 2.51. The molecule has 0 radical (unpaired) electrons. The molecular weight excluding hydrogens is 230 g/mol. The molecule has 0 amide bonds. The molecule has 5 heteroatoms. The van der Waals surface area contributed by atoms with Crippen LogP contribution in [-0.2, 0) is 4.74 Å². The van der Waals surface area contributed by atoms with Gasteiger partial charge in [0, 0.05) is 6.54 Å². The lowest BCUT2D eigenvalue weighted by Crippen LogP contribution is -2.18. The zero-order valence-electron chi connectivity index (χ0n) is 10.5. The summed E-state index contributed by atoms with van der Waals surface area (Å²) in [4.78, 5) is 19.6. The first-order chi connectivity index (χ1) is 8.73. The van der Waals surface area contributed by atoms with Crippen LogP contribution in [0, 0.1) is 11.3 Å². The van der Waals surface area contributed by atoms with Crippen molar-refractivity contribution in [2.75, 3.05) is 19.0 Å². The second-order valence-corrected chi connectivity index (χ2v) is 5.27. The van der Waals surface area contributed by atoms with Gasteiger partial charge in [0.15, 0.2) is 5.69 Å². The van der Waals surface area contributed by atoms with Gasteiger partial charge in [-0.1, -0.05) is 0 Å². The maximum atomic E-state index is 11.3. The third-order valence-corrected chi connectivity index (χ3v) is 3.99. The summed E-state index contributed by atoms with van der Waals surface area (Å²) >= 11 is 0. The van der Waals surface area contributed by atoms with Crippen LogP contribution in [0.25, 0.3) is 0 Å². The Morgan fingerprint density at radius 2 is 2.28 bits per heavy atom. The molecule has 0 bridgehead atoms. The molecule has 0 saturated heterocycles. The third kappa shape index (κ3) is 2.17. The predicted octanol–water partition coefficient (Wildman–Crippen LogP) is 1.87. The summed E-state index contributed by atoms with van der Waals surface area (Å²) < 4.78 is 4.63. The normalized spacial score (nSPS) is 20.3. The molecule has 0 aliphatic heterocycles. The minimum Gasteiger partial charge on any atom is -0.464 e. The van der Waals surface area contributed by atoms with Gasteiger partial charge in [-0.15, -0.1) is 0 Å². The first kappa shape index (κ1) is 11.4. The van der Waals surface area contributed by atoms with Crippen molar-refractivity contribution >= 4 is 11.8 Å². The monoisotopic (exact) mass is 247 g/mol. The molecule has 1 aromatic rings. The molecule has 2 aliphatic rings. The van der Waals surface area contributed by atoms with E-state index < -0.39 is 5.97 Å². The molecule has 18 heavy (non-hydrogen) atoms. The molecule has 3 rings (SSSR count). The molecule has 2 aliphatic carbocycles. The van der Waals surface area contributed by atoms with Crippen molar-refractivity contribution in [2.45, 2.75) is 25.7 Å². The zero-order valence-corrected chi connectivity index (χ0v) is 10.5. The van der Waals surface area contributed by atoms with Crippen molar-refractivity contribution in [3.63, 3.8) is 0 Å². The van der Waals surface area contributed by atoms with Gasteiger partial charge in [-0.3, -0.25) is 4.98 Å². The van der Waals surface area contributed by atoms with Gasteiger partial charge in [0.25, 0.3) is 0 Å². The second-order valence-electron chi connectivity index (χ2n) is 5.27. The number of ether oxygens (including phenoxy) is 1. The Labute approximate surface area is 106 Å². The van der Waals surface area contributed by atoms with Crippen LogP contribution in [-0.4, -0.2) is 29.6 Å². The number of anilines is 1. The standard InChI is InChI=1S/C13H17N3O2/c1-18-12(17)10-6-14-7-11(16-10)15-8-13(4-5-13)9-2-3-9/h6-7,9H,2-5,8H2,1H3,(H,15,16). The largest absolute Gasteiger partial charge is 0.464 e. The van der Waals surface area contributed by atoms with Crippen LogP contribution in [0.4, 0.5) is 5.82 Å². The molecule has 96 valence electrons. The number of aromatic nitrogens is 2. The number of carbonyl (C=O) groups is 1. The van der Waals surface area contributed by atoms with Crippen molar-refractivity contribution < 1.29 is 9.53 Å². The summed E-state index contributed by atoms with van der Waals surface area (Å²) in [6.07, 6.45) is 8.44. The number of nitrogens with zero attached hydrogens (tertiary/aromatic N) is 2. The van der Waals surface area contributed by atoms with Gasteiger partial charge in [0.1, 0.15) is 5.82 Å². The van der Waals surface area contributed by atoms with E-state index in [0.717, 1.165) is 12.5 Å². The Morgan fingerprint density at radius 3 is 2.89 bits per heavy atom. The molecule has 2 fully saturated rings. The van der Waals surface area contributed by atoms with E-state index in [1.165, 1.54) is 39.0 Å². The molecule has 1 N–H and O–H groups in total. The highest BCUT2D eigenvalue weighted by Gasteiger charge is 2.53. The number of esters is 1. The van der Waals surface area contributed by atoms with Gasteiger partial charge >= 0.3 is 5.97 Å². The number of carbonyl (C=O) groups excluding carboxylic acids is 1. The van der Waals surface area contributed by atoms with Gasteiger partial charge in [-0.25, -0.2) is 9.78 Å². The maximum Gasteiger partial charge on any atom is 0.358 e. The van der Waals surface area contributed by atoms with Crippen LogP contribution >= 0.6 is 0 Å². The van der Waals surface area contributed by atoms with E-state index in [9.17, 15) is 4.79 Å². The Kier molecular flexibility index (Phi) is 2.69. The lowest BCUT2D eigenvalue weighted by Gasteiger charge is -2.15. The fraction of sp³-hybridized carbons (Fsp3) is 0.615. The highest BCUT2D eigenvalue weighted by molar-refractivity contribution is 5.87. The van der Waals surface area contributed by atoms with Crippen LogP contribution in [0.3, 0.4) is 0 Å². The predicted molar refractivity (Wildman–Crippen MR) is 66.3 cm³/mol. The molecule has 0 atom stereocenters. The number of hydrogen-bond donors (Lipinski definition) is 1. The summed E-state index contributed by atoms with van der Waals surface area (Å²) in [7, 11) is 1.34. The van der Waals surface area contributed by atoms with Gasteiger partial charge in [-0.2, -0.15) is 0 Å². The first-order valence-electron chi connectivity index (χ1n) is 6.38. The van der Waals surface area contributed by atoms with Crippen molar-refractivity contribution in [3.8, 4) is 0 Å². The van der Waals surface area contributed by atoms with Gasteiger partial charge in [0.05, 0.1) is 19.5 Å². The van der Waals surface area contributed by atoms with Crippen LogP contribution in [0.1, 0.15) is 36.2 Å². The average molecular weight is 247 g/mol.